The lowest BCUT2D eigenvalue weighted by Gasteiger charge is -2.36. The summed E-state index contributed by atoms with van der Waals surface area (Å²) in [5.41, 5.74) is 3.47. The number of aryl methyl sites for hydroxylation is 2. The molecule has 1 fully saturated rings. The number of hydrogen-bond donors (Lipinski definition) is 0. The molecule has 0 atom stereocenters. The monoisotopic (exact) mass is 315 g/mol. The van der Waals surface area contributed by atoms with Crippen molar-refractivity contribution >= 4 is 22.9 Å². The average Bonchev–Trinajstić information content (AvgIpc) is 2.93. The number of para-hydroxylation sites is 1. The molecule has 1 amide bonds. The van der Waals surface area contributed by atoms with E-state index in [1.165, 1.54) is 11.3 Å². The van der Waals surface area contributed by atoms with E-state index in [0.29, 0.717) is 6.42 Å². The predicted octanol–water partition coefficient (Wildman–Crippen LogP) is 2.65. The third-order valence-corrected chi connectivity index (χ3v) is 4.91. The molecule has 1 aromatic heterocycles. The topological polar surface area (TPSA) is 36.4 Å². The maximum Gasteiger partial charge on any atom is 0.228 e. The molecule has 0 unspecified atom stereocenters. The lowest BCUT2D eigenvalue weighted by molar-refractivity contribution is -0.130. The maximum absolute atomic E-state index is 12.4. The van der Waals surface area contributed by atoms with Crippen molar-refractivity contribution in [1.29, 1.82) is 0 Å². The highest BCUT2D eigenvalue weighted by atomic mass is 32.1. The second kappa shape index (κ2) is 6.48. The van der Waals surface area contributed by atoms with E-state index >= 15 is 0 Å². The summed E-state index contributed by atoms with van der Waals surface area (Å²) in [6.45, 7) is 7.48. The average molecular weight is 315 g/mol. The third kappa shape index (κ3) is 3.30. The number of amides is 1. The SMILES string of the molecule is Cc1nc(CC(=O)N2CCN(c3ccccc3C)CC2)cs1. The summed E-state index contributed by atoms with van der Waals surface area (Å²) in [4.78, 5) is 21.1. The van der Waals surface area contributed by atoms with Crippen molar-refractivity contribution in [2.24, 2.45) is 0 Å². The van der Waals surface area contributed by atoms with E-state index in [9.17, 15) is 4.79 Å². The molecule has 1 aromatic carbocycles. The first-order valence-corrected chi connectivity index (χ1v) is 8.51. The molecule has 4 nitrogen and oxygen atoms in total. The normalized spacial score (nSPS) is 15.2. The number of piperazine rings is 1. The second-order valence-corrected chi connectivity index (χ2v) is 6.75. The van der Waals surface area contributed by atoms with Crippen molar-refractivity contribution < 1.29 is 4.79 Å². The Morgan fingerprint density at radius 3 is 2.55 bits per heavy atom. The van der Waals surface area contributed by atoms with Crippen molar-refractivity contribution in [2.45, 2.75) is 20.3 Å². The van der Waals surface area contributed by atoms with E-state index in [-0.39, 0.29) is 5.91 Å². The molecule has 1 saturated heterocycles. The van der Waals surface area contributed by atoms with E-state index in [1.807, 2.05) is 17.2 Å². The summed E-state index contributed by atoms with van der Waals surface area (Å²) in [7, 11) is 0. The van der Waals surface area contributed by atoms with Gasteiger partial charge in [-0.3, -0.25) is 4.79 Å². The minimum Gasteiger partial charge on any atom is -0.368 e. The molecule has 0 radical (unpaired) electrons. The molecule has 5 heteroatoms. The smallest absolute Gasteiger partial charge is 0.228 e. The van der Waals surface area contributed by atoms with Gasteiger partial charge in [-0.15, -0.1) is 11.3 Å². The van der Waals surface area contributed by atoms with Crippen LogP contribution >= 0.6 is 11.3 Å². The molecule has 0 N–H and O–H groups in total. The molecule has 0 saturated carbocycles. The van der Waals surface area contributed by atoms with Crippen LogP contribution in [0.15, 0.2) is 29.6 Å². The van der Waals surface area contributed by atoms with Gasteiger partial charge in [0, 0.05) is 37.2 Å². The highest BCUT2D eigenvalue weighted by Crippen LogP contribution is 2.21. The number of carbonyl (C=O) groups excluding carboxylic acids is 1. The molecule has 0 spiro atoms. The zero-order valence-electron chi connectivity index (χ0n) is 13.1. The van der Waals surface area contributed by atoms with Gasteiger partial charge in [-0.1, -0.05) is 18.2 Å². The first-order valence-electron chi connectivity index (χ1n) is 7.63. The second-order valence-electron chi connectivity index (χ2n) is 5.69. The van der Waals surface area contributed by atoms with Gasteiger partial charge >= 0.3 is 0 Å². The zero-order valence-corrected chi connectivity index (χ0v) is 13.9. The molecule has 1 aliphatic heterocycles. The zero-order chi connectivity index (χ0) is 15.5. The van der Waals surface area contributed by atoms with Crippen LogP contribution in [0.25, 0.3) is 0 Å². The third-order valence-electron chi connectivity index (χ3n) is 4.09. The highest BCUT2D eigenvalue weighted by molar-refractivity contribution is 7.09. The van der Waals surface area contributed by atoms with Gasteiger partial charge in [0.1, 0.15) is 0 Å². The summed E-state index contributed by atoms with van der Waals surface area (Å²) < 4.78 is 0. The first-order chi connectivity index (χ1) is 10.6. The molecular formula is C17H21N3OS. The largest absolute Gasteiger partial charge is 0.368 e. The Balaban J connectivity index is 1.57. The number of aromatic nitrogens is 1. The van der Waals surface area contributed by atoms with Crippen molar-refractivity contribution in [1.82, 2.24) is 9.88 Å². The lowest BCUT2D eigenvalue weighted by Crippen LogP contribution is -2.49. The molecule has 1 aliphatic rings. The van der Waals surface area contributed by atoms with Crippen LogP contribution in [0, 0.1) is 13.8 Å². The number of thiazole rings is 1. The summed E-state index contributed by atoms with van der Waals surface area (Å²) >= 11 is 1.60. The van der Waals surface area contributed by atoms with Gasteiger partial charge in [-0.05, 0) is 25.5 Å². The minimum atomic E-state index is 0.190. The Morgan fingerprint density at radius 2 is 1.91 bits per heavy atom. The molecular weight excluding hydrogens is 294 g/mol. The van der Waals surface area contributed by atoms with Gasteiger partial charge in [-0.2, -0.15) is 0 Å². The van der Waals surface area contributed by atoms with Gasteiger partial charge in [0.2, 0.25) is 5.91 Å². The van der Waals surface area contributed by atoms with Crippen molar-refractivity contribution in [3.05, 3.63) is 45.9 Å². The van der Waals surface area contributed by atoms with Crippen LogP contribution in [0.1, 0.15) is 16.3 Å². The van der Waals surface area contributed by atoms with E-state index < -0.39 is 0 Å². The fourth-order valence-corrected chi connectivity index (χ4v) is 3.48. The highest BCUT2D eigenvalue weighted by Gasteiger charge is 2.22. The molecule has 0 bridgehead atoms. The Labute approximate surface area is 135 Å². The van der Waals surface area contributed by atoms with E-state index in [4.69, 9.17) is 0 Å². The number of nitrogens with zero attached hydrogens (tertiary/aromatic N) is 3. The van der Waals surface area contributed by atoms with Crippen LogP contribution in [0.2, 0.25) is 0 Å². The van der Waals surface area contributed by atoms with Gasteiger partial charge in [-0.25, -0.2) is 4.98 Å². The molecule has 0 aliphatic carbocycles. The van der Waals surface area contributed by atoms with Crippen LogP contribution in [0.4, 0.5) is 5.69 Å². The standard InChI is InChI=1S/C17H21N3OS/c1-13-5-3-4-6-16(13)19-7-9-20(10-8-19)17(21)11-15-12-22-14(2)18-15/h3-6,12H,7-11H2,1-2H3. The Morgan fingerprint density at radius 1 is 1.18 bits per heavy atom. The van der Waals surface area contributed by atoms with Gasteiger partial charge in [0.15, 0.2) is 0 Å². The Hall–Kier alpha value is -1.88. The van der Waals surface area contributed by atoms with Gasteiger partial charge < -0.3 is 9.80 Å². The maximum atomic E-state index is 12.4. The molecule has 3 rings (SSSR count). The fourth-order valence-electron chi connectivity index (χ4n) is 2.87. The minimum absolute atomic E-state index is 0.190. The van der Waals surface area contributed by atoms with Crippen LogP contribution in [-0.4, -0.2) is 42.0 Å². The molecule has 22 heavy (non-hydrogen) atoms. The fraction of sp³-hybridized carbons (Fsp3) is 0.412. The molecule has 116 valence electrons. The number of hydrogen-bond acceptors (Lipinski definition) is 4. The predicted molar refractivity (Wildman–Crippen MR) is 90.5 cm³/mol. The summed E-state index contributed by atoms with van der Waals surface area (Å²) in [5.74, 6) is 0.190. The van der Waals surface area contributed by atoms with Gasteiger partial charge in [0.05, 0.1) is 17.1 Å². The van der Waals surface area contributed by atoms with Crippen molar-refractivity contribution in [3.63, 3.8) is 0 Å². The summed E-state index contributed by atoms with van der Waals surface area (Å²) in [5, 5.41) is 3.00. The number of anilines is 1. The summed E-state index contributed by atoms with van der Waals surface area (Å²) in [6, 6.07) is 8.43. The number of rotatable bonds is 3. The lowest BCUT2D eigenvalue weighted by atomic mass is 10.1. The molecule has 2 heterocycles. The van der Waals surface area contributed by atoms with Crippen molar-refractivity contribution in [3.8, 4) is 0 Å². The quantitative estimate of drug-likeness (QED) is 0.874. The Kier molecular flexibility index (Phi) is 4.43. The van der Waals surface area contributed by atoms with E-state index in [1.54, 1.807) is 11.3 Å². The van der Waals surface area contributed by atoms with E-state index in [0.717, 1.165) is 36.9 Å². The van der Waals surface area contributed by atoms with Gasteiger partial charge in [0.25, 0.3) is 0 Å². The van der Waals surface area contributed by atoms with Crippen molar-refractivity contribution in [2.75, 3.05) is 31.1 Å². The molecule has 2 aromatic rings. The van der Waals surface area contributed by atoms with Crippen LogP contribution < -0.4 is 4.90 Å². The van der Waals surface area contributed by atoms with Crippen LogP contribution in [0.3, 0.4) is 0 Å². The van der Waals surface area contributed by atoms with Crippen LogP contribution in [0.5, 0.6) is 0 Å². The summed E-state index contributed by atoms with van der Waals surface area (Å²) in [6.07, 6.45) is 0.425. The number of carbonyl (C=O) groups is 1. The number of benzene rings is 1. The first kappa shape index (κ1) is 15.0. The van der Waals surface area contributed by atoms with E-state index in [2.05, 4.69) is 41.1 Å². The Bertz CT molecular complexity index is 659. The van der Waals surface area contributed by atoms with Crippen LogP contribution in [-0.2, 0) is 11.2 Å².